The van der Waals surface area contributed by atoms with Crippen LogP contribution in [0.3, 0.4) is 0 Å². The van der Waals surface area contributed by atoms with Gasteiger partial charge in [0.15, 0.2) is 0 Å². The van der Waals surface area contributed by atoms with Gasteiger partial charge in [0.25, 0.3) is 5.91 Å². The molecule has 0 radical (unpaired) electrons. The van der Waals surface area contributed by atoms with Gasteiger partial charge in [-0.15, -0.1) is 11.3 Å². The highest BCUT2D eigenvalue weighted by atomic mass is 32.1. The summed E-state index contributed by atoms with van der Waals surface area (Å²) >= 11 is 1.66. The zero-order chi connectivity index (χ0) is 19.3. The molecule has 6 heteroatoms. The highest BCUT2D eigenvalue weighted by Crippen LogP contribution is 2.21. The second-order valence-electron chi connectivity index (χ2n) is 6.82. The van der Waals surface area contributed by atoms with Gasteiger partial charge in [-0.25, -0.2) is 4.98 Å². The largest absolute Gasteiger partial charge is 0.352 e. The fourth-order valence-electron chi connectivity index (χ4n) is 2.79. The van der Waals surface area contributed by atoms with Gasteiger partial charge in [-0.05, 0) is 48.7 Å². The molecule has 2 N–H and O–H groups in total. The van der Waals surface area contributed by atoms with Gasteiger partial charge in [-0.2, -0.15) is 0 Å². The minimum atomic E-state index is -0.142. The third-order valence-electron chi connectivity index (χ3n) is 4.49. The van der Waals surface area contributed by atoms with E-state index in [0.717, 1.165) is 33.6 Å². The highest BCUT2D eigenvalue weighted by molar-refractivity contribution is 7.18. The number of benzene rings is 2. The van der Waals surface area contributed by atoms with E-state index in [2.05, 4.69) is 21.7 Å². The Morgan fingerprint density at radius 3 is 2.64 bits per heavy atom. The molecule has 142 valence electrons. The van der Waals surface area contributed by atoms with E-state index in [4.69, 9.17) is 0 Å². The van der Waals surface area contributed by atoms with Crippen molar-refractivity contribution in [3.05, 3.63) is 70.7 Å². The first-order valence-electron chi connectivity index (χ1n) is 9.39. The molecule has 0 atom stereocenters. The molecule has 0 bridgehead atoms. The van der Waals surface area contributed by atoms with Crippen molar-refractivity contribution >= 4 is 39.4 Å². The lowest BCUT2D eigenvalue weighted by molar-refractivity contribution is -0.116. The minimum absolute atomic E-state index is 0.0365. The first-order chi connectivity index (χ1) is 13.7. The summed E-state index contributed by atoms with van der Waals surface area (Å²) in [5, 5.41) is 6.86. The zero-order valence-electron chi connectivity index (χ0n) is 15.4. The Morgan fingerprint density at radius 2 is 1.89 bits per heavy atom. The van der Waals surface area contributed by atoms with E-state index < -0.39 is 0 Å². The first-order valence-corrected chi connectivity index (χ1v) is 10.2. The molecule has 4 rings (SSSR count). The van der Waals surface area contributed by atoms with Crippen molar-refractivity contribution in [2.45, 2.75) is 25.3 Å². The number of carbonyl (C=O) groups excluding carboxylic acids is 2. The van der Waals surface area contributed by atoms with Crippen molar-refractivity contribution in [3.8, 4) is 0 Å². The molecule has 2 aromatic carbocycles. The second-order valence-corrected chi connectivity index (χ2v) is 7.93. The summed E-state index contributed by atoms with van der Waals surface area (Å²) in [6.45, 7) is 0.545. The normalized spacial score (nSPS) is 13.7. The van der Waals surface area contributed by atoms with Crippen LogP contribution in [0.5, 0.6) is 0 Å². The van der Waals surface area contributed by atoms with E-state index in [1.165, 1.54) is 6.08 Å². The average molecular weight is 391 g/mol. The van der Waals surface area contributed by atoms with Gasteiger partial charge in [-0.3, -0.25) is 9.59 Å². The van der Waals surface area contributed by atoms with E-state index in [9.17, 15) is 9.59 Å². The van der Waals surface area contributed by atoms with Crippen LogP contribution in [0.4, 0.5) is 0 Å². The molecule has 0 unspecified atom stereocenters. The lowest BCUT2D eigenvalue weighted by Gasteiger charge is -2.03. The summed E-state index contributed by atoms with van der Waals surface area (Å²) in [7, 11) is 0. The number of fused-ring (bicyclic) bond motifs is 1. The Kier molecular flexibility index (Phi) is 5.48. The Labute approximate surface area is 167 Å². The maximum atomic E-state index is 12.0. The van der Waals surface area contributed by atoms with Crippen LogP contribution in [0.1, 0.15) is 33.8 Å². The Bertz CT molecular complexity index is 987. The predicted molar refractivity (Wildman–Crippen MR) is 112 cm³/mol. The third kappa shape index (κ3) is 4.84. The van der Waals surface area contributed by atoms with E-state index in [-0.39, 0.29) is 11.8 Å². The molecule has 28 heavy (non-hydrogen) atoms. The molecule has 1 aliphatic carbocycles. The molecule has 1 heterocycles. The number of nitrogens with zero attached hydrogens (tertiary/aromatic N) is 1. The summed E-state index contributed by atoms with van der Waals surface area (Å²) in [5.41, 5.74) is 2.52. The number of rotatable bonds is 7. The molecule has 0 spiro atoms. The van der Waals surface area contributed by atoms with E-state index in [1.807, 2.05) is 30.3 Å². The van der Waals surface area contributed by atoms with Crippen LogP contribution < -0.4 is 10.6 Å². The molecule has 0 aliphatic heterocycles. The SMILES string of the molecule is O=C(/C=C/c1ccc(C(=O)NC2CC2)cc1)NCCc1nc2ccccc2s1. The van der Waals surface area contributed by atoms with Crippen LogP contribution in [-0.4, -0.2) is 29.4 Å². The fraction of sp³-hybridized carbons (Fsp3) is 0.227. The maximum Gasteiger partial charge on any atom is 0.251 e. The highest BCUT2D eigenvalue weighted by Gasteiger charge is 2.23. The van der Waals surface area contributed by atoms with Crippen molar-refractivity contribution in [2.75, 3.05) is 6.54 Å². The number of para-hydroxylation sites is 1. The molecule has 0 saturated heterocycles. The van der Waals surface area contributed by atoms with Gasteiger partial charge in [0.1, 0.15) is 0 Å². The first kappa shape index (κ1) is 18.4. The summed E-state index contributed by atoms with van der Waals surface area (Å²) in [4.78, 5) is 28.5. The van der Waals surface area contributed by atoms with Gasteiger partial charge >= 0.3 is 0 Å². The number of amides is 2. The summed E-state index contributed by atoms with van der Waals surface area (Å²) in [6, 6.07) is 15.6. The monoisotopic (exact) mass is 391 g/mol. The molecule has 1 aliphatic rings. The van der Waals surface area contributed by atoms with Gasteiger partial charge in [0, 0.05) is 30.6 Å². The molecule has 1 saturated carbocycles. The second kappa shape index (κ2) is 8.35. The molecule has 5 nitrogen and oxygen atoms in total. The fourth-order valence-corrected chi connectivity index (χ4v) is 3.76. The lowest BCUT2D eigenvalue weighted by Crippen LogP contribution is -2.25. The summed E-state index contributed by atoms with van der Waals surface area (Å²) in [6.07, 6.45) is 6.11. The number of nitrogens with one attached hydrogen (secondary N) is 2. The Morgan fingerprint density at radius 1 is 1.11 bits per heavy atom. The van der Waals surface area contributed by atoms with Gasteiger partial charge in [-0.1, -0.05) is 24.3 Å². The summed E-state index contributed by atoms with van der Waals surface area (Å²) < 4.78 is 1.16. The van der Waals surface area contributed by atoms with E-state index in [1.54, 1.807) is 29.5 Å². The van der Waals surface area contributed by atoms with Crippen molar-refractivity contribution in [3.63, 3.8) is 0 Å². The zero-order valence-corrected chi connectivity index (χ0v) is 16.2. The summed E-state index contributed by atoms with van der Waals surface area (Å²) in [5.74, 6) is -0.178. The van der Waals surface area contributed by atoms with Crippen LogP contribution in [0, 0.1) is 0 Å². The van der Waals surface area contributed by atoms with Crippen molar-refractivity contribution < 1.29 is 9.59 Å². The number of carbonyl (C=O) groups is 2. The molecule has 1 fully saturated rings. The van der Waals surface area contributed by atoms with Crippen LogP contribution >= 0.6 is 11.3 Å². The quantitative estimate of drug-likeness (QED) is 0.605. The van der Waals surface area contributed by atoms with Gasteiger partial charge in [0.2, 0.25) is 5.91 Å². The average Bonchev–Trinajstić information content (AvgIpc) is 3.42. The maximum absolute atomic E-state index is 12.0. The molecular weight excluding hydrogens is 370 g/mol. The van der Waals surface area contributed by atoms with Crippen LogP contribution in [-0.2, 0) is 11.2 Å². The van der Waals surface area contributed by atoms with Crippen molar-refractivity contribution in [1.82, 2.24) is 15.6 Å². The molecular formula is C22H21N3O2S. The predicted octanol–water partition coefficient (Wildman–Crippen LogP) is 3.56. The molecule has 3 aromatic rings. The number of thiazole rings is 1. The number of hydrogen-bond acceptors (Lipinski definition) is 4. The molecule has 1 aromatic heterocycles. The Hall–Kier alpha value is -2.99. The van der Waals surface area contributed by atoms with Crippen molar-refractivity contribution in [2.24, 2.45) is 0 Å². The number of aromatic nitrogens is 1. The lowest BCUT2D eigenvalue weighted by atomic mass is 10.1. The third-order valence-corrected chi connectivity index (χ3v) is 5.59. The molecule has 2 amide bonds. The Balaban J connectivity index is 1.24. The van der Waals surface area contributed by atoms with E-state index in [0.29, 0.717) is 24.6 Å². The smallest absolute Gasteiger partial charge is 0.251 e. The minimum Gasteiger partial charge on any atom is -0.352 e. The topological polar surface area (TPSA) is 71.1 Å². The van der Waals surface area contributed by atoms with Crippen LogP contribution in [0.2, 0.25) is 0 Å². The van der Waals surface area contributed by atoms with E-state index >= 15 is 0 Å². The van der Waals surface area contributed by atoms with Gasteiger partial charge in [0.05, 0.1) is 15.2 Å². The van der Waals surface area contributed by atoms with Gasteiger partial charge < -0.3 is 10.6 Å². The van der Waals surface area contributed by atoms with Crippen molar-refractivity contribution in [1.29, 1.82) is 0 Å². The number of hydrogen-bond donors (Lipinski definition) is 2. The van der Waals surface area contributed by atoms with Crippen LogP contribution in [0.25, 0.3) is 16.3 Å². The standard InChI is InChI=1S/C22H21N3O2S/c26-20(23-14-13-21-25-18-3-1-2-4-19(18)28-21)12-7-15-5-8-16(9-6-15)22(27)24-17-10-11-17/h1-9,12,17H,10-11,13-14H2,(H,23,26)(H,24,27)/b12-7+. The van der Waals surface area contributed by atoms with Crippen LogP contribution in [0.15, 0.2) is 54.6 Å².